The highest BCUT2D eigenvalue weighted by atomic mass is 16.5. The molecule has 0 amide bonds. The second-order valence-corrected chi connectivity index (χ2v) is 3.58. The number of imidazole rings is 1. The first-order valence-electron chi connectivity index (χ1n) is 5.19. The number of aromatic nitrogens is 2. The van der Waals surface area contributed by atoms with Crippen LogP contribution in [0.3, 0.4) is 0 Å². The molecule has 2 aromatic rings. The summed E-state index contributed by atoms with van der Waals surface area (Å²) in [4.78, 5) is 3.98. The summed E-state index contributed by atoms with van der Waals surface area (Å²) in [5.74, 6) is 1.44. The molecular formula is C12H15N3O. The van der Waals surface area contributed by atoms with Crippen molar-refractivity contribution in [2.24, 2.45) is 0 Å². The zero-order valence-corrected chi connectivity index (χ0v) is 9.26. The molecule has 0 bridgehead atoms. The molecule has 0 spiro atoms. The van der Waals surface area contributed by atoms with Crippen LogP contribution in [0, 0.1) is 0 Å². The minimum absolute atomic E-state index is 0.563. The molecule has 1 aromatic carbocycles. The van der Waals surface area contributed by atoms with Crippen LogP contribution in [0.1, 0.15) is 5.56 Å². The van der Waals surface area contributed by atoms with Crippen molar-refractivity contribution in [2.75, 3.05) is 12.8 Å². The molecule has 0 saturated heterocycles. The zero-order valence-electron chi connectivity index (χ0n) is 9.26. The smallest absolute Gasteiger partial charge is 0.200 e. The molecule has 0 unspecified atom stereocenters. The van der Waals surface area contributed by atoms with Crippen molar-refractivity contribution >= 4 is 5.95 Å². The van der Waals surface area contributed by atoms with Crippen molar-refractivity contribution in [1.29, 1.82) is 0 Å². The monoisotopic (exact) mass is 217 g/mol. The van der Waals surface area contributed by atoms with Gasteiger partial charge in [-0.3, -0.25) is 0 Å². The van der Waals surface area contributed by atoms with Crippen LogP contribution in [0.5, 0.6) is 5.75 Å². The average Bonchev–Trinajstić information content (AvgIpc) is 2.73. The topological polar surface area (TPSA) is 53.1 Å². The lowest BCUT2D eigenvalue weighted by Gasteiger charge is -2.05. The number of hydrogen-bond acceptors (Lipinski definition) is 3. The fraction of sp³-hybridized carbons (Fsp3) is 0.250. The number of hydrogen-bond donors (Lipinski definition) is 1. The van der Waals surface area contributed by atoms with E-state index in [1.807, 2.05) is 22.9 Å². The maximum absolute atomic E-state index is 5.68. The maximum atomic E-state index is 5.68. The Morgan fingerprint density at radius 2 is 2.06 bits per heavy atom. The number of nitrogen functional groups attached to an aromatic ring is 1. The molecule has 16 heavy (non-hydrogen) atoms. The van der Waals surface area contributed by atoms with Crippen molar-refractivity contribution in [1.82, 2.24) is 9.55 Å². The molecule has 2 N–H and O–H groups in total. The molecule has 1 aromatic heterocycles. The molecule has 4 heteroatoms. The van der Waals surface area contributed by atoms with Crippen LogP contribution < -0.4 is 10.5 Å². The summed E-state index contributed by atoms with van der Waals surface area (Å²) in [6.07, 6.45) is 4.53. The van der Waals surface area contributed by atoms with Gasteiger partial charge < -0.3 is 15.0 Å². The fourth-order valence-electron chi connectivity index (χ4n) is 1.57. The van der Waals surface area contributed by atoms with E-state index in [2.05, 4.69) is 17.1 Å². The van der Waals surface area contributed by atoms with Crippen LogP contribution in [-0.4, -0.2) is 16.7 Å². The number of aryl methyl sites for hydroxylation is 2. The van der Waals surface area contributed by atoms with Gasteiger partial charge in [-0.05, 0) is 24.1 Å². The number of nitrogens with two attached hydrogens (primary N) is 1. The molecule has 1 heterocycles. The van der Waals surface area contributed by atoms with Gasteiger partial charge in [0.1, 0.15) is 5.75 Å². The molecule has 0 aliphatic heterocycles. The quantitative estimate of drug-likeness (QED) is 0.848. The van der Waals surface area contributed by atoms with Crippen LogP contribution >= 0.6 is 0 Å². The number of rotatable bonds is 4. The van der Waals surface area contributed by atoms with E-state index in [9.17, 15) is 0 Å². The van der Waals surface area contributed by atoms with Gasteiger partial charge in [-0.25, -0.2) is 4.98 Å². The van der Waals surface area contributed by atoms with Crippen molar-refractivity contribution in [3.63, 3.8) is 0 Å². The van der Waals surface area contributed by atoms with Crippen molar-refractivity contribution in [3.8, 4) is 5.75 Å². The zero-order chi connectivity index (χ0) is 11.4. The lowest BCUT2D eigenvalue weighted by Crippen LogP contribution is -2.04. The molecule has 84 valence electrons. The summed E-state index contributed by atoms with van der Waals surface area (Å²) in [5, 5.41) is 0. The Morgan fingerprint density at radius 3 is 2.62 bits per heavy atom. The second kappa shape index (κ2) is 4.70. The van der Waals surface area contributed by atoms with Gasteiger partial charge in [0, 0.05) is 18.9 Å². The summed E-state index contributed by atoms with van der Waals surface area (Å²) < 4.78 is 7.04. The first-order valence-corrected chi connectivity index (χ1v) is 5.19. The van der Waals surface area contributed by atoms with Gasteiger partial charge in [0.05, 0.1) is 7.11 Å². The minimum Gasteiger partial charge on any atom is -0.497 e. The van der Waals surface area contributed by atoms with E-state index >= 15 is 0 Å². The molecular weight excluding hydrogens is 202 g/mol. The average molecular weight is 217 g/mol. The van der Waals surface area contributed by atoms with E-state index in [1.54, 1.807) is 13.3 Å². The predicted octanol–water partition coefficient (Wildman–Crippen LogP) is 1.72. The van der Waals surface area contributed by atoms with E-state index in [0.717, 1.165) is 18.7 Å². The van der Waals surface area contributed by atoms with Gasteiger partial charge in [-0.15, -0.1) is 0 Å². The number of anilines is 1. The third-order valence-corrected chi connectivity index (χ3v) is 2.55. The first-order chi connectivity index (χ1) is 7.79. The maximum Gasteiger partial charge on any atom is 0.200 e. The Balaban J connectivity index is 1.97. The van der Waals surface area contributed by atoms with Crippen LogP contribution in [0.4, 0.5) is 5.95 Å². The molecule has 0 aliphatic carbocycles. The van der Waals surface area contributed by atoms with Gasteiger partial charge in [0.2, 0.25) is 0 Å². The third-order valence-electron chi connectivity index (χ3n) is 2.55. The minimum atomic E-state index is 0.563. The van der Waals surface area contributed by atoms with Gasteiger partial charge in [0.25, 0.3) is 0 Å². The van der Waals surface area contributed by atoms with E-state index < -0.39 is 0 Å². The lowest BCUT2D eigenvalue weighted by molar-refractivity contribution is 0.414. The van der Waals surface area contributed by atoms with E-state index in [1.165, 1.54) is 5.56 Å². The van der Waals surface area contributed by atoms with Crippen molar-refractivity contribution in [2.45, 2.75) is 13.0 Å². The summed E-state index contributed by atoms with van der Waals surface area (Å²) in [7, 11) is 1.67. The molecule has 0 radical (unpaired) electrons. The Hall–Kier alpha value is -1.97. The van der Waals surface area contributed by atoms with E-state index in [4.69, 9.17) is 10.5 Å². The highest BCUT2D eigenvalue weighted by molar-refractivity contribution is 5.27. The number of benzene rings is 1. The molecule has 2 rings (SSSR count). The second-order valence-electron chi connectivity index (χ2n) is 3.58. The Morgan fingerprint density at radius 1 is 1.31 bits per heavy atom. The molecule has 0 aliphatic rings. The number of ether oxygens (including phenoxy) is 1. The Kier molecular flexibility index (Phi) is 3.10. The van der Waals surface area contributed by atoms with Gasteiger partial charge in [0.15, 0.2) is 5.95 Å². The summed E-state index contributed by atoms with van der Waals surface area (Å²) in [6, 6.07) is 8.05. The van der Waals surface area contributed by atoms with E-state index in [0.29, 0.717) is 5.95 Å². The number of nitrogens with zero attached hydrogens (tertiary/aromatic N) is 2. The van der Waals surface area contributed by atoms with Crippen LogP contribution in [0.2, 0.25) is 0 Å². The first kappa shape index (κ1) is 10.5. The van der Waals surface area contributed by atoms with Crippen LogP contribution in [-0.2, 0) is 13.0 Å². The third kappa shape index (κ3) is 2.34. The molecule has 0 saturated carbocycles. The highest BCUT2D eigenvalue weighted by Crippen LogP contribution is 2.12. The lowest BCUT2D eigenvalue weighted by atomic mass is 10.1. The van der Waals surface area contributed by atoms with E-state index in [-0.39, 0.29) is 0 Å². The van der Waals surface area contributed by atoms with Crippen LogP contribution in [0.25, 0.3) is 0 Å². The van der Waals surface area contributed by atoms with Gasteiger partial charge in [-0.1, -0.05) is 12.1 Å². The number of methoxy groups -OCH3 is 1. The largest absolute Gasteiger partial charge is 0.497 e. The molecule has 0 atom stereocenters. The van der Waals surface area contributed by atoms with Crippen molar-refractivity contribution < 1.29 is 4.74 Å². The Labute approximate surface area is 94.7 Å². The van der Waals surface area contributed by atoms with Crippen molar-refractivity contribution in [3.05, 3.63) is 42.2 Å². The molecule has 4 nitrogen and oxygen atoms in total. The standard InChI is InChI=1S/C12H15N3O/c1-16-11-4-2-10(3-5-11)6-8-15-9-7-14-12(15)13/h2-5,7,9H,6,8H2,1H3,(H2,13,14). The normalized spacial score (nSPS) is 10.3. The molecule has 0 fully saturated rings. The van der Waals surface area contributed by atoms with Gasteiger partial charge >= 0.3 is 0 Å². The summed E-state index contributed by atoms with van der Waals surface area (Å²) in [5.41, 5.74) is 6.94. The Bertz CT molecular complexity index is 448. The fourth-order valence-corrected chi connectivity index (χ4v) is 1.57. The summed E-state index contributed by atoms with van der Waals surface area (Å²) >= 11 is 0. The summed E-state index contributed by atoms with van der Waals surface area (Å²) in [6.45, 7) is 0.845. The predicted molar refractivity (Wildman–Crippen MR) is 63.3 cm³/mol. The SMILES string of the molecule is COc1ccc(CCn2ccnc2N)cc1. The highest BCUT2D eigenvalue weighted by Gasteiger charge is 1.99. The van der Waals surface area contributed by atoms with Gasteiger partial charge in [-0.2, -0.15) is 0 Å². The van der Waals surface area contributed by atoms with Crippen LogP contribution in [0.15, 0.2) is 36.7 Å².